The van der Waals surface area contributed by atoms with Crippen LogP contribution in [-0.2, 0) is 6.42 Å². The quantitative estimate of drug-likeness (QED) is 0.730. The molecule has 2 N–H and O–H groups in total. The molecule has 0 aliphatic carbocycles. The van der Waals surface area contributed by atoms with E-state index in [0.29, 0.717) is 6.04 Å². The van der Waals surface area contributed by atoms with Gasteiger partial charge in [-0.05, 0) is 43.9 Å². The van der Waals surface area contributed by atoms with E-state index in [4.69, 9.17) is 4.74 Å². The van der Waals surface area contributed by atoms with Gasteiger partial charge >= 0.3 is 0 Å². The van der Waals surface area contributed by atoms with Crippen LogP contribution in [0, 0.1) is 5.41 Å². The maximum Gasteiger partial charge on any atom is 0.118 e. The number of ether oxygens (including phenoxy) is 1. The average Bonchev–Trinajstić information content (AvgIpc) is 2.50. The van der Waals surface area contributed by atoms with Crippen molar-refractivity contribution >= 4 is 0 Å². The normalized spacial score (nSPS) is 13.2. The molecule has 0 radical (unpaired) electrons. The molecule has 0 aliphatic rings. The highest BCUT2D eigenvalue weighted by atomic mass is 16.5. The van der Waals surface area contributed by atoms with E-state index >= 15 is 0 Å². The van der Waals surface area contributed by atoms with Gasteiger partial charge in [0.1, 0.15) is 5.75 Å². The van der Waals surface area contributed by atoms with Gasteiger partial charge < -0.3 is 15.2 Å². The van der Waals surface area contributed by atoms with Gasteiger partial charge in [0.25, 0.3) is 0 Å². The number of methoxy groups -OCH3 is 1. The van der Waals surface area contributed by atoms with Gasteiger partial charge in [0.05, 0.1) is 7.11 Å². The van der Waals surface area contributed by atoms with E-state index in [1.807, 2.05) is 12.1 Å². The summed E-state index contributed by atoms with van der Waals surface area (Å²) < 4.78 is 5.17. The van der Waals surface area contributed by atoms with E-state index in [2.05, 4.69) is 38.2 Å². The largest absolute Gasteiger partial charge is 0.497 e. The van der Waals surface area contributed by atoms with Crippen LogP contribution in [0.15, 0.2) is 24.3 Å². The topological polar surface area (TPSA) is 41.5 Å². The predicted octanol–water partition coefficient (Wildman–Crippen LogP) is 3.01. The summed E-state index contributed by atoms with van der Waals surface area (Å²) in [7, 11) is 1.68. The first-order valence-electron chi connectivity index (χ1n) is 7.56. The number of benzene rings is 1. The van der Waals surface area contributed by atoms with Crippen molar-refractivity contribution in [3.05, 3.63) is 29.8 Å². The molecule has 0 heterocycles. The van der Waals surface area contributed by atoms with Gasteiger partial charge in [-0.1, -0.05) is 26.0 Å². The van der Waals surface area contributed by atoms with Crippen molar-refractivity contribution < 1.29 is 9.84 Å². The van der Waals surface area contributed by atoms with Gasteiger partial charge in [0.2, 0.25) is 0 Å². The second-order valence-corrected chi connectivity index (χ2v) is 5.70. The molecule has 1 atom stereocenters. The van der Waals surface area contributed by atoms with E-state index in [9.17, 15) is 5.11 Å². The van der Waals surface area contributed by atoms with Gasteiger partial charge in [-0.25, -0.2) is 0 Å². The van der Waals surface area contributed by atoms with Crippen molar-refractivity contribution in [3.63, 3.8) is 0 Å². The van der Waals surface area contributed by atoms with Gasteiger partial charge in [0.15, 0.2) is 0 Å². The molecule has 0 aliphatic heterocycles. The van der Waals surface area contributed by atoms with Crippen LogP contribution >= 0.6 is 0 Å². The Labute approximate surface area is 123 Å². The van der Waals surface area contributed by atoms with Crippen LogP contribution in [-0.4, -0.2) is 31.4 Å². The Hall–Kier alpha value is -1.06. The molecule has 3 nitrogen and oxygen atoms in total. The highest BCUT2D eigenvalue weighted by molar-refractivity contribution is 5.27. The maximum absolute atomic E-state index is 9.58. The lowest BCUT2D eigenvalue weighted by molar-refractivity contribution is 0.110. The Morgan fingerprint density at radius 3 is 2.25 bits per heavy atom. The molecule has 0 spiro atoms. The zero-order chi connectivity index (χ0) is 15.0. The summed E-state index contributed by atoms with van der Waals surface area (Å²) >= 11 is 0. The smallest absolute Gasteiger partial charge is 0.118 e. The Bertz CT molecular complexity index is 363. The Morgan fingerprint density at radius 2 is 1.80 bits per heavy atom. The minimum absolute atomic E-state index is 0.0220. The summed E-state index contributed by atoms with van der Waals surface area (Å²) in [5.74, 6) is 0.894. The minimum atomic E-state index is 0.0220. The molecule has 1 aromatic carbocycles. The van der Waals surface area contributed by atoms with Crippen molar-refractivity contribution in [2.24, 2.45) is 5.41 Å². The predicted molar refractivity (Wildman–Crippen MR) is 84.3 cm³/mol. The van der Waals surface area contributed by atoms with Crippen LogP contribution in [0.3, 0.4) is 0 Å². The number of nitrogens with one attached hydrogen (secondary N) is 1. The number of aliphatic hydroxyl groups is 1. The van der Waals surface area contributed by atoms with E-state index in [1.165, 1.54) is 5.56 Å². The lowest BCUT2D eigenvalue weighted by Gasteiger charge is -2.31. The van der Waals surface area contributed by atoms with Gasteiger partial charge in [-0.3, -0.25) is 0 Å². The van der Waals surface area contributed by atoms with Crippen molar-refractivity contribution in [1.29, 1.82) is 0 Å². The Kier molecular flexibility index (Phi) is 7.03. The molecule has 20 heavy (non-hydrogen) atoms. The van der Waals surface area contributed by atoms with E-state index in [-0.39, 0.29) is 12.0 Å². The third-order valence-corrected chi connectivity index (χ3v) is 4.36. The third-order valence-electron chi connectivity index (χ3n) is 4.36. The third kappa shape index (κ3) is 4.80. The first-order chi connectivity index (χ1) is 9.59. The second-order valence-electron chi connectivity index (χ2n) is 5.70. The average molecular weight is 279 g/mol. The van der Waals surface area contributed by atoms with E-state index < -0.39 is 0 Å². The molecule has 0 saturated heterocycles. The van der Waals surface area contributed by atoms with E-state index in [0.717, 1.165) is 31.6 Å². The zero-order valence-electron chi connectivity index (χ0n) is 13.3. The number of hydrogen-bond acceptors (Lipinski definition) is 3. The fourth-order valence-electron chi connectivity index (χ4n) is 2.36. The van der Waals surface area contributed by atoms with Crippen molar-refractivity contribution in [3.8, 4) is 5.75 Å². The van der Waals surface area contributed by atoms with Gasteiger partial charge in [0, 0.05) is 24.6 Å². The summed E-state index contributed by atoms with van der Waals surface area (Å²) in [5, 5.41) is 13.1. The molecule has 1 unspecified atom stereocenters. The molecule has 0 amide bonds. The molecule has 3 heteroatoms. The van der Waals surface area contributed by atoms with Crippen molar-refractivity contribution in [1.82, 2.24) is 5.32 Å². The van der Waals surface area contributed by atoms with Crippen LogP contribution in [0.25, 0.3) is 0 Å². The number of rotatable bonds is 9. The first kappa shape index (κ1) is 17.0. The molecule has 0 fully saturated rings. The lowest BCUT2D eigenvalue weighted by Crippen LogP contribution is -2.41. The SMILES string of the molecule is CCC(CC)(CO)CNC(C)Cc1ccc(OC)cc1. The lowest BCUT2D eigenvalue weighted by atomic mass is 9.83. The Balaban J connectivity index is 2.48. The molecule has 0 aromatic heterocycles. The fourth-order valence-corrected chi connectivity index (χ4v) is 2.36. The standard InChI is InChI=1S/C17H29NO2/c1-5-17(6-2,13-19)12-18-14(3)11-15-7-9-16(20-4)10-8-15/h7-10,14,18-19H,5-6,11-13H2,1-4H3. The summed E-state index contributed by atoms with van der Waals surface area (Å²) in [6, 6.07) is 8.61. The maximum atomic E-state index is 9.58. The summed E-state index contributed by atoms with van der Waals surface area (Å²) in [6.07, 6.45) is 2.99. The van der Waals surface area contributed by atoms with Crippen LogP contribution in [0.1, 0.15) is 39.2 Å². The molecular formula is C17H29NO2. The van der Waals surface area contributed by atoms with Crippen LogP contribution in [0.5, 0.6) is 5.75 Å². The summed E-state index contributed by atoms with van der Waals surface area (Å²) in [4.78, 5) is 0. The number of aliphatic hydroxyl groups excluding tert-OH is 1. The molecule has 1 rings (SSSR count). The highest BCUT2D eigenvalue weighted by Crippen LogP contribution is 2.24. The minimum Gasteiger partial charge on any atom is -0.497 e. The first-order valence-corrected chi connectivity index (χ1v) is 7.56. The molecule has 0 bridgehead atoms. The molecule has 114 valence electrons. The van der Waals surface area contributed by atoms with Crippen LogP contribution in [0.2, 0.25) is 0 Å². The van der Waals surface area contributed by atoms with E-state index in [1.54, 1.807) is 7.11 Å². The van der Waals surface area contributed by atoms with Crippen molar-refractivity contribution in [2.45, 2.75) is 46.1 Å². The van der Waals surface area contributed by atoms with Crippen molar-refractivity contribution in [2.75, 3.05) is 20.3 Å². The summed E-state index contributed by atoms with van der Waals surface area (Å²) in [6.45, 7) is 7.61. The molecule has 0 saturated carbocycles. The number of hydrogen-bond donors (Lipinski definition) is 2. The monoisotopic (exact) mass is 279 g/mol. The summed E-state index contributed by atoms with van der Waals surface area (Å²) in [5.41, 5.74) is 1.32. The second kappa shape index (κ2) is 8.28. The molecular weight excluding hydrogens is 250 g/mol. The molecule has 1 aromatic rings. The van der Waals surface area contributed by atoms with Crippen LogP contribution in [0.4, 0.5) is 0 Å². The van der Waals surface area contributed by atoms with Crippen LogP contribution < -0.4 is 10.1 Å². The fraction of sp³-hybridized carbons (Fsp3) is 0.647. The Morgan fingerprint density at radius 1 is 1.20 bits per heavy atom. The van der Waals surface area contributed by atoms with Gasteiger partial charge in [-0.2, -0.15) is 0 Å². The zero-order valence-corrected chi connectivity index (χ0v) is 13.3. The van der Waals surface area contributed by atoms with Gasteiger partial charge in [-0.15, -0.1) is 0 Å². The highest BCUT2D eigenvalue weighted by Gasteiger charge is 2.25.